The fraction of sp³-hybridized carbons (Fsp3) is 0.158. The number of nitrogens with two attached hydrogens (primary N) is 1. The summed E-state index contributed by atoms with van der Waals surface area (Å²) in [5.74, 6) is -1.40. The Morgan fingerprint density at radius 1 is 1.17 bits per heavy atom. The van der Waals surface area contributed by atoms with Crippen molar-refractivity contribution in [2.75, 3.05) is 16.4 Å². The molecule has 0 aliphatic rings. The summed E-state index contributed by atoms with van der Waals surface area (Å²) in [5.41, 5.74) is 5.26. The summed E-state index contributed by atoms with van der Waals surface area (Å²) in [7, 11) is 0. The maximum atomic E-state index is 14.3. The molecule has 3 rings (SSSR count). The van der Waals surface area contributed by atoms with Crippen LogP contribution in [0.25, 0.3) is 0 Å². The highest BCUT2D eigenvalue weighted by Crippen LogP contribution is 2.27. The lowest BCUT2D eigenvalue weighted by atomic mass is 10.1. The summed E-state index contributed by atoms with van der Waals surface area (Å²) in [5, 5.41) is 5.16. The minimum atomic E-state index is -0.850. The van der Waals surface area contributed by atoms with Crippen molar-refractivity contribution in [1.29, 1.82) is 0 Å². The molecule has 156 valence electrons. The van der Waals surface area contributed by atoms with E-state index in [1.54, 1.807) is 6.07 Å². The van der Waals surface area contributed by atoms with Gasteiger partial charge in [-0.25, -0.2) is 14.4 Å². The van der Waals surface area contributed by atoms with Crippen LogP contribution in [0.3, 0.4) is 0 Å². The predicted octanol–water partition coefficient (Wildman–Crippen LogP) is 4.20. The van der Waals surface area contributed by atoms with Gasteiger partial charge in [-0.15, -0.1) is 0 Å². The van der Waals surface area contributed by atoms with Crippen molar-refractivity contribution in [3.8, 4) is 5.75 Å². The Balaban J connectivity index is 1.77. The molecule has 0 aliphatic carbocycles. The second-order valence-electron chi connectivity index (χ2n) is 6.33. The molecule has 11 heteroatoms. The van der Waals surface area contributed by atoms with E-state index in [4.69, 9.17) is 22.1 Å². The number of carbonyl (C=O) groups is 2. The number of ether oxygens (including phenoxy) is 1. The first-order chi connectivity index (χ1) is 14.2. The third kappa shape index (κ3) is 5.22. The second-order valence-corrected chi connectivity index (χ2v) is 7.80. The average molecular weight is 450 g/mol. The zero-order valence-corrected chi connectivity index (χ0v) is 17.5. The zero-order chi connectivity index (χ0) is 21.8. The molecule has 30 heavy (non-hydrogen) atoms. The van der Waals surface area contributed by atoms with E-state index < -0.39 is 17.6 Å². The summed E-state index contributed by atoms with van der Waals surface area (Å²) in [6.07, 6.45) is 2.73. The molecule has 0 aliphatic heterocycles. The number of anilines is 3. The van der Waals surface area contributed by atoms with Gasteiger partial charge >= 0.3 is 0 Å². The van der Waals surface area contributed by atoms with E-state index in [-0.39, 0.29) is 38.2 Å². The predicted molar refractivity (Wildman–Crippen MR) is 114 cm³/mol. The number of nitrogens with one attached hydrogen (secondary N) is 2. The number of nitrogen functional groups attached to an aromatic ring is 1. The first-order valence-corrected chi connectivity index (χ1v) is 9.88. The number of amides is 2. The summed E-state index contributed by atoms with van der Waals surface area (Å²) in [4.78, 5) is 32.9. The fourth-order valence-corrected chi connectivity index (χ4v) is 3.15. The Labute approximate surface area is 180 Å². The number of hydrogen-bond acceptors (Lipinski definition) is 7. The number of nitrogens with zero attached hydrogens (tertiary/aromatic N) is 2. The number of pyridine rings is 1. The van der Waals surface area contributed by atoms with Crippen LogP contribution in [0.1, 0.15) is 33.9 Å². The quantitative estimate of drug-likeness (QED) is 0.518. The molecule has 0 fully saturated rings. The van der Waals surface area contributed by atoms with Crippen molar-refractivity contribution in [3.05, 3.63) is 57.9 Å². The van der Waals surface area contributed by atoms with E-state index in [0.29, 0.717) is 5.75 Å². The summed E-state index contributed by atoms with van der Waals surface area (Å²) in [6, 6.07) is 5.25. The molecule has 0 radical (unpaired) electrons. The normalized spacial score (nSPS) is 10.7. The van der Waals surface area contributed by atoms with Crippen molar-refractivity contribution >= 4 is 51.4 Å². The van der Waals surface area contributed by atoms with Gasteiger partial charge in [-0.1, -0.05) is 22.9 Å². The van der Waals surface area contributed by atoms with Gasteiger partial charge in [-0.3, -0.25) is 9.59 Å². The summed E-state index contributed by atoms with van der Waals surface area (Å²) in [6.45, 7) is 3.75. The van der Waals surface area contributed by atoms with Gasteiger partial charge in [-0.2, -0.15) is 0 Å². The molecule has 2 aromatic heterocycles. The first kappa shape index (κ1) is 21.5. The van der Waals surface area contributed by atoms with Gasteiger partial charge in [0.2, 0.25) is 0 Å². The standard InChI is InChI=1S/C19H17ClFN5O3S/c1-9(2)29-10-3-4-16(23-7-10)26-17(27)11-5-14(12(20)6-13(11)21)25-18(28)15-8-24-19(22)30-15/h3-9H,1-2H3,(H2,22,24)(H,25,28)(H,23,26,27). The smallest absolute Gasteiger partial charge is 0.267 e. The Bertz CT molecular complexity index is 1090. The maximum absolute atomic E-state index is 14.3. The molecule has 0 unspecified atom stereocenters. The average Bonchev–Trinajstić information content (AvgIpc) is 3.11. The van der Waals surface area contributed by atoms with Gasteiger partial charge in [0, 0.05) is 0 Å². The van der Waals surface area contributed by atoms with Crippen molar-refractivity contribution in [3.63, 3.8) is 0 Å². The van der Waals surface area contributed by atoms with Gasteiger partial charge in [0.1, 0.15) is 22.3 Å². The van der Waals surface area contributed by atoms with Crippen molar-refractivity contribution in [1.82, 2.24) is 9.97 Å². The lowest BCUT2D eigenvalue weighted by molar-refractivity contribution is 0.101. The van der Waals surface area contributed by atoms with E-state index in [1.165, 1.54) is 18.5 Å². The van der Waals surface area contributed by atoms with Crippen LogP contribution < -0.4 is 21.1 Å². The Morgan fingerprint density at radius 3 is 2.53 bits per heavy atom. The lowest BCUT2D eigenvalue weighted by Crippen LogP contribution is -2.17. The second kappa shape index (κ2) is 9.06. The number of aromatic nitrogens is 2. The highest BCUT2D eigenvalue weighted by atomic mass is 35.5. The lowest BCUT2D eigenvalue weighted by Gasteiger charge is -2.11. The Morgan fingerprint density at radius 2 is 1.93 bits per heavy atom. The van der Waals surface area contributed by atoms with Gasteiger partial charge in [-0.05, 0) is 38.1 Å². The van der Waals surface area contributed by atoms with Crippen LogP contribution in [0.2, 0.25) is 5.02 Å². The van der Waals surface area contributed by atoms with Gasteiger partial charge in [0.15, 0.2) is 5.13 Å². The van der Waals surface area contributed by atoms with Crippen LogP contribution in [0.5, 0.6) is 5.75 Å². The SMILES string of the molecule is CC(C)Oc1ccc(NC(=O)c2cc(NC(=O)c3cnc(N)s3)c(Cl)cc2F)nc1. The molecular formula is C19H17ClFN5O3S. The van der Waals surface area contributed by atoms with E-state index in [2.05, 4.69) is 20.6 Å². The molecule has 0 bridgehead atoms. The van der Waals surface area contributed by atoms with E-state index in [9.17, 15) is 14.0 Å². The topological polar surface area (TPSA) is 119 Å². The molecule has 1 aromatic carbocycles. The molecule has 2 heterocycles. The van der Waals surface area contributed by atoms with Crippen molar-refractivity contribution in [2.24, 2.45) is 0 Å². The molecule has 0 saturated carbocycles. The van der Waals surface area contributed by atoms with E-state index in [0.717, 1.165) is 23.5 Å². The fourth-order valence-electron chi connectivity index (χ4n) is 2.38. The molecule has 8 nitrogen and oxygen atoms in total. The molecule has 0 spiro atoms. The highest BCUT2D eigenvalue weighted by molar-refractivity contribution is 7.17. The number of halogens is 2. The zero-order valence-electron chi connectivity index (χ0n) is 15.9. The number of benzene rings is 1. The number of hydrogen-bond donors (Lipinski definition) is 3. The highest BCUT2D eigenvalue weighted by Gasteiger charge is 2.18. The third-order valence-corrected chi connectivity index (χ3v) is 4.78. The van der Waals surface area contributed by atoms with Crippen LogP contribution in [-0.4, -0.2) is 27.9 Å². The first-order valence-electron chi connectivity index (χ1n) is 8.68. The molecule has 2 amide bonds. The van der Waals surface area contributed by atoms with Crippen LogP contribution in [0.15, 0.2) is 36.7 Å². The minimum Gasteiger partial charge on any atom is -0.489 e. The number of thiazole rings is 1. The van der Waals surface area contributed by atoms with Crippen LogP contribution in [0.4, 0.5) is 21.0 Å². The molecule has 0 atom stereocenters. The van der Waals surface area contributed by atoms with Crippen LogP contribution in [0, 0.1) is 5.82 Å². The molecule has 0 saturated heterocycles. The minimum absolute atomic E-state index is 0.0227. The van der Waals surface area contributed by atoms with E-state index >= 15 is 0 Å². The summed E-state index contributed by atoms with van der Waals surface area (Å²) >= 11 is 6.99. The molecule has 4 N–H and O–H groups in total. The van der Waals surface area contributed by atoms with Crippen molar-refractivity contribution < 1.29 is 18.7 Å². The Kier molecular flexibility index (Phi) is 6.48. The Hall–Kier alpha value is -3.24. The number of rotatable bonds is 6. The van der Waals surface area contributed by atoms with Crippen LogP contribution >= 0.6 is 22.9 Å². The maximum Gasteiger partial charge on any atom is 0.267 e. The van der Waals surface area contributed by atoms with Gasteiger partial charge in [0.25, 0.3) is 11.8 Å². The monoisotopic (exact) mass is 449 g/mol. The molecular weight excluding hydrogens is 433 g/mol. The third-order valence-electron chi connectivity index (χ3n) is 3.65. The number of carbonyl (C=O) groups excluding carboxylic acids is 2. The largest absolute Gasteiger partial charge is 0.489 e. The summed E-state index contributed by atoms with van der Waals surface area (Å²) < 4.78 is 19.8. The van der Waals surface area contributed by atoms with Gasteiger partial charge in [0.05, 0.1) is 34.8 Å². The van der Waals surface area contributed by atoms with Gasteiger partial charge < -0.3 is 21.1 Å². The molecule has 3 aromatic rings. The van der Waals surface area contributed by atoms with E-state index in [1.807, 2.05) is 13.8 Å². The van der Waals surface area contributed by atoms with Crippen molar-refractivity contribution in [2.45, 2.75) is 20.0 Å². The van der Waals surface area contributed by atoms with Crippen LogP contribution in [-0.2, 0) is 0 Å².